The van der Waals surface area contributed by atoms with Crippen LogP contribution in [0.4, 0.5) is 0 Å². The van der Waals surface area contributed by atoms with Gasteiger partial charge in [-0.3, -0.25) is 4.79 Å². The largest absolute Gasteiger partial charge is 0.465 e. The molecule has 66 valence electrons. The molecule has 1 unspecified atom stereocenters. The smallest absolute Gasteiger partial charge is 0.344 e. The third-order valence-corrected chi connectivity index (χ3v) is 3.02. The minimum Gasteiger partial charge on any atom is -0.465 e. The highest BCUT2D eigenvalue weighted by atomic mass is 32.2. The van der Waals surface area contributed by atoms with Crippen molar-refractivity contribution in [1.82, 2.24) is 0 Å². The van der Waals surface area contributed by atoms with Crippen LogP contribution in [0.25, 0.3) is 0 Å². The molecule has 0 amide bonds. The number of ketones is 1. The highest BCUT2D eigenvalue weighted by Gasteiger charge is 2.31. The summed E-state index contributed by atoms with van der Waals surface area (Å²) in [6.45, 7) is 3.44. The Morgan fingerprint density at radius 2 is 2.17 bits per heavy atom. The van der Waals surface area contributed by atoms with Gasteiger partial charge in [-0.2, -0.15) is 0 Å². The quantitative estimate of drug-likeness (QED) is 0.576. The molecule has 1 aliphatic rings. The van der Waals surface area contributed by atoms with Gasteiger partial charge in [-0.25, -0.2) is 4.79 Å². The van der Waals surface area contributed by atoms with Crippen molar-refractivity contribution in [3.8, 4) is 0 Å². The summed E-state index contributed by atoms with van der Waals surface area (Å²) in [4.78, 5) is 22.8. The maximum atomic E-state index is 11.2. The number of rotatable bonds is 1. The zero-order valence-electron chi connectivity index (χ0n) is 7.21. The number of hydrogen-bond acceptors (Lipinski definition) is 4. The van der Waals surface area contributed by atoms with E-state index in [0.717, 1.165) is 0 Å². The number of hydrogen-bond donors (Lipinski definition) is 0. The van der Waals surface area contributed by atoms with Gasteiger partial charge in [0.15, 0.2) is 5.78 Å². The Morgan fingerprint density at radius 3 is 2.50 bits per heavy atom. The molecule has 0 saturated heterocycles. The van der Waals surface area contributed by atoms with Gasteiger partial charge in [0.25, 0.3) is 0 Å². The monoisotopic (exact) mass is 186 g/mol. The van der Waals surface area contributed by atoms with E-state index < -0.39 is 5.97 Å². The third kappa shape index (κ3) is 1.39. The first-order valence-electron chi connectivity index (χ1n) is 3.58. The summed E-state index contributed by atoms with van der Waals surface area (Å²) in [5.74, 6) is -0.379. The molecule has 0 aromatic rings. The van der Waals surface area contributed by atoms with Gasteiger partial charge in [-0.15, -0.1) is 11.8 Å². The minimum atomic E-state index is -0.407. The number of thioether (sulfide) groups is 1. The second-order valence-corrected chi connectivity index (χ2v) is 3.92. The topological polar surface area (TPSA) is 43.4 Å². The van der Waals surface area contributed by atoms with E-state index in [9.17, 15) is 9.59 Å². The van der Waals surface area contributed by atoms with E-state index in [1.807, 2.05) is 0 Å². The van der Waals surface area contributed by atoms with Gasteiger partial charge in [0.05, 0.1) is 17.3 Å². The summed E-state index contributed by atoms with van der Waals surface area (Å²) in [5, 5.41) is -0.140. The van der Waals surface area contributed by atoms with E-state index in [2.05, 4.69) is 4.74 Å². The predicted molar refractivity (Wildman–Crippen MR) is 46.8 cm³/mol. The highest BCUT2D eigenvalue weighted by molar-refractivity contribution is 8.05. The van der Waals surface area contributed by atoms with E-state index in [1.54, 1.807) is 13.8 Å². The van der Waals surface area contributed by atoms with Crippen molar-refractivity contribution in [2.45, 2.75) is 19.1 Å². The molecule has 1 aliphatic heterocycles. The van der Waals surface area contributed by atoms with Crippen molar-refractivity contribution in [2.24, 2.45) is 0 Å². The van der Waals surface area contributed by atoms with Crippen LogP contribution in [0, 0.1) is 0 Å². The van der Waals surface area contributed by atoms with Gasteiger partial charge in [-0.1, -0.05) is 0 Å². The second kappa shape index (κ2) is 3.31. The van der Waals surface area contributed by atoms with Crippen molar-refractivity contribution >= 4 is 23.5 Å². The molecule has 0 aromatic heterocycles. The first-order valence-corrected chi connectivity index (χ1v) is 4.46. The molecule has 0 saturated carbocycles. The Bertz CT molecular complexity index is 267. The Hall–Kier alpha value is -0.770. The molecule has 0 fully saturated rings. The van der Waals surface area contributed by atoms with Gasteiger partial charge in [0.2, 0.25) is 0 Å². The summed E-state index contributed by atoms with van der Waals surface area (Å²) >= 11 is 1.27. The lowest BCUT2D eigenvalue weighted by Gasteiger charge is -1.99. The molecule has 0 radical (unpaired) electrons. The van der Waals surface area contributed by atoms with Crippen LogP contribution in [0.2, 0.25) is 0 Å². The van der Waals surface area contributed by atoms with Gasteiger partial charge >= 0.3 is 5.97 Å². The van der Waals surface area contributed by atoms with Crippen molar-refractivity contribution in [2.75, 3.05) is 7.11 Å². The van der Waals surface area contributed by atoms with Crippen LogP contribution >= 0.6 is 11.8 Å². The van der Waals surface area contributed by atoms with Crippen molar-refractivity contribution in [1.29, 1.82) is 0 Å². The van der Waals surface area contributed by atoms with Crippen molar-refractivity contribution in [3.63, 3.8) is 0 Å². The SMILES string of the molecule is COC(=O)C1=C(C)C(=O)C(C)S1. The van der Waals surface area contributed by atoms with Crippen molar-refractivity contribution in [3.05, 3.63) is 10.5 Å². The number of methoxy groups -OCH3 is 1. The molecule has 1 atom stereocenters. The van der Waals surface area contributed by atoms with Gasteiger partial charge in [0, 0.05) is 5.57 Å². The van der Waals surface area contributed by atoms with Crippen LogP contribution in [0.5, 0.6) is 0 Å². The number of Topliss-reactive ketones (excluding diaryl/α,β-unsaturated/α-hetero) is 1. The summed E-state index contributed by atoms with van der Waals surface area (Å²) in [6.07, 6.45) is 0. The number of carbonyl (C=O) groups is 2. The zero-order chi connectivity index (χ0) is 9.30. The van der Waals surface area contributed by atoms with E-state index in [1.165, 1.54) is 18.9 Å². The van der Waals surface area contributed by atoms with Crippen LogP contribution in [-0.2, 0) is 14.3 Å². The van der Waals surface area contributed by atoms with E-state index in [-0.39, 0.29) is 11.0 Å². The fourth-order valence-corrected chi connectivity index (χ4v) is 2.12. The molecule has 0 bridgehead atoms. The third-order valence-electron chi connectivity index (χ3n) is 1.74. The summed E-state index contributed by atoms with van der Waals surface area (Å²) < 4.78 is 4.53. The van der Waals surface area contributed by atoms with E-state index in [4.69, 9.17) is 0 Å². The number of esters is 1. The standard InChI is InChI=1S/C8H10O3S/c1-4-6(9)5(2)12-7(4)8(10)11-3/h5H,1-3H3. The molecule has 0 spiro atoms. The van der Waals surface area contributed by atoms with Gasteiger partial charge in [0.1, 0.15) is 0 Å². The number of carbonyl (C=O) groups excluding carboxylic acids is 2. The normalized spacial score (nSPS) is 23.2. The predicted octanol–water partition coefficient (Wildman–Crippen LogP) is 1.14. The maximum absolute atomic E-state index is 11.2. The number of ether oxygens (including phenoxy) is 1. The fraction of sp³-hybridized carbons (Fsp3) is 0.500. The Labute approximate surface area is 75.2 Å². The van der Waals surface area contributed by atoms with Crippen LogP contribution < -0.4 is 0 Å². The summed E-state index contributed by atoms with van der Waals surface area (Å²) in [6, 6.07) is 0. The maximum Gasteiger partial charge on any atom is 0.344 e. The highest BCUT2D eigenvalue weighted by Crippen LogP contribution is 2.35. The summed E-state index contributed by atoms with van der Waals surface area (Å²) in [5.41, 5.74) is 0.527. The van der Waals surface area contributed by atoms with Crippen LogP contribution in [0.3, 0.4) is 0 Å². The molecule has 0 aliphatic carbocycles. The molecule has 4 heteroatoms. The Morgan fingerprint density at radius 1 is 1.58 bits per heavy atom. The molecule has 0 aromatic carbocycles. The van der Waals surface area contributed by atoms with Crippen LogP contribution in [-0.4, -0.2) is 24.1 Å². The zero-order valence-corrected chi connectivity index (χ0v) is 8.03. The Balaban J connectivity index is 2.92. The van der Waals surface area contributed by atoms with Gasteiger partial charge < -0.3 is 4.74 Å². The van der Waals surface area contributed by atoms with Crippen molar-refractivity contribution < 1.29 is 14.3 Å². The lowest BCUT2D eigenvalue weighted by atomic mass is 10.1. The molecule has 1 rings (SSSR count). The van der Waals surface area contributed by atoms with Crippen LogP contribution in [0.15, 0.2) is 10.5 Å². The molecule has 1 heterocycles. The molecular weight excluding hydrogens is 176 g/mol. The number of allylic oxidation sites excluding steroid dienone is 1. The summed E-state index contributed by atoms with van der Waals surface area (Å²) in [7, 11) is 1.32. The van der Waals surface area contributed by atoms with Crippen LogP contribution in [0.1, 0.15) is 13.8 Å². The first kappa shape index (κ1) is 9.32. The van der Waals surface area contributed by atoms with Gasteiger partial charge in [-0.05, 0) is 13.8 Å². The average Bonchev–Trinajstić information content (AvgIpc) is 2.32. The average molecular weight is 186 g/mol. The lowest BCUT2D eigenvalue weighted by Crippen LogP contribution is -2.07. The minimum absolute atomic E-state index is 0.0281. The van der Waals surface area contributed by atoms with E-state index >= 15 is 0 Å². The fourth-order valence-electron chi connectivity index (χ4n) is 1.03. The molecule has 3 nitrogen and oxygen atoms in total. The second-order valence-electron chi connectivity index (χ2n) is 2.57. The molecule has 0 N–H and O–H groups in total. The lowest BCUT2D eigenvalue weighted by molar-refractivity contribution is -0.135. The first-order chi connectivity index (χ1) is 5.57. The Kier molecular flexibility index (Phi) is 2.57. The van der Waals surface area contributed by atoms with E-state index in [0.29, 0.717) is 10.5 Å². The molecule has 12 heavy (non-hydrogen) atoms. The molecular formula is C8H10O3S.